The fourth-order valence-corrected chi connectivity index (χ4v) is 1.96. The summed E-state index contributed by atoms with van der Waals surface area (Å²) in [5.74, 6) is 0. The first-order chi connectivity index (χ1) is 7.04. The van der Waals surface area contributed by atoms with Crippen molar-refractivity contribution >= 4 is 5.69 Å². The first-order valence-electron chi connectivity index (χ1n) is 5.63. The minimum atomic E-state index is -0.558. The molecule has 1 aliphatic heterocycles. The van der Waals surface area contributed by atoms with Gasteiger partial charge in [0.25, 0.3) is 0 Å². The maximum Gasteiger partial charge on any atom is 0.0594 e. The summed E-state index contributed by atoms with van der Waals surface area (Å²) in [7, 11) is 0. The second-order valence-corrected chi connectivity index (χ2v) is 4.98. The molecule has 0 fully saturated rings. The lowest BCUT2D eigenvalue weighted by atomic mass is 9.97. The number of hydrogen-bond donors (Lipinski definition) is 2. The normalized spacial score (nSPS) is 14.9. The van der Waals surface area contributed by atoms with E-state index in [-0.39, 0.29) is 0 Å². The Morgan fingerprint density at radius 2 is 2.20 bits per heavy atom. The number of anilines is 1. The van der Waals surface area contributed by atoms with Crippen molar-refractivity contribution in [1.82, 2.24) is 0 Å². The quantitative estimate of drug-likeness (QED) is 0.794. The van der Waals surface area contributed by atoms with Crippen molar-refractivity contribution in [3.63, 3.8) is 0 Å². The molecule has 2 rings (SSSR count). The van der Waals surface area contributed by atoms with Gasteiger partial charge in [-0.1, -0.05) is 12.1 Å². The number of aryl methyl sites for hydroxylation is 1. The van der Waals surface area contributed by atoms with Gasteiger partial charge in [0, 0.05) is 12.2 Å². The molecule has 1 aromatic carbocycles. The fourth-order valence-electron chi connectivity index (χ4n) is 1.96. The van der Waals surface area contributed by atoms with E-state index >= 15 is 0 Å². The molecule has 0 spiro atoms. The van der Waals surface area contributed by atoms with E-state index in [4.69, 9.17) is 0 Å². The predicted octanol–water partition coefficient (Wildman–Crippen LogP) is 2.36. The standard InChI is InChI=1S/C13H19NO/c1-13(2,15)7-5-10-3-4-12-11(9-10)6-8-14-12/h3-4,9,14-15H,5-8H2,1-2H3. The summed E-state index contributed by atoms with van der Waals surface area (Å²) in [6.07, 6.45) is 2.90. The van der Waals surface area contributed by atoms with Crippen molar-refractivity contribution in [2.75, 3.05) is 11.9 Å². The fraction of sp³-hybridized carbons (Fsp3) is 0.538. The van der Waals surface area contributed by atoms with Crippen LogP contribution in [0.5, 0.6) is 0 Å². The molecule has 2 nitrogen and oxygen atoms in total. The zero-order valence-electron chi connectivity index (χ0n) is 9.51. The lowest BCUT2D eigenvalue weighted by molar-refractivity contribution is 0.0714. The van der Waals surface area contributed by atoms with E-state index in [2.05, 4.69) is 23.5 Å². The molecule has 0 bridgehead atoms. The van der Waals surface area contributed by atoms with Gasteiger partial charge in [0.15, 0.2) is 0 Å². The van der Waals surface area contributed by atoms with Crippen molar-refractivity contribution in [2.45, 2.75) is 38.7 Å². The number of nitrogens with one attached hydrogen (secondary N) is 1. The Labute approximate surface area is 91.3 Å². The Morgan fingerprint density at radius 1 is 1.40 bits per heavy atom. The van der Waals surface area contributed by atoms with Gasteiger partial charge < -0.3 is 10.4 Å². The van der Waals surface area contributed by atoms with E-state index in [9.17, 15) is 5.11 Å². The first kappa shape index (κ1) is 10.5. The highest BCUT2D eigenvalue weighted by molar-refractivity contribution is 5.56. The molecule has 0 unspecified atom stereocenters. The molecule has 2 N–H and O–H groups in total. The molecule has 82 valence electrons. The monoisotopic (exact) mass is 205 g/mol. The largest absolute Gasteiger partial charge is 0.390 e. The van der Waals surface area contributed by atoms with Crippen molar-refractivity contribution in [3.05, 3.63) is 29.3 Å². The number of aliphatic hydroxyl groups is 1. The lowest BCUT2D eigenvalue weighted by Crippen LogP contribution is -2.19. The Hall–Kier alpha value is -1.02. The molecule has 1 heterocycles. The van der Waals surface area contributed by atoms with Crippen LogP contribution in [0.3, 0.4) is 0 Å². The molecule has 0 saturated carbocycles. The summed E-state index contributed by atoms with van der Waals surface area (Å²) >= 11 is 0. The third-order valence-electron chi connectivity index (χ3n) is 2.90. The van der Waals surface area contributed by atoms with E-state index in [0.29, 0.717) is 0 Å². The van der Waals surface area contributed by atoms with Crippen LogP contribution in [0, 0.1) is 0 Å². The third kappa shape index (κ3) is 2.72. The molecule has 0 saturated heterocycles. The lowest BCUT2D eigenvalue weighted by Gasteiger charge is -2.16. The van der Waals surface area contributed by atoms with Crippen LogP contribution in [0.2, 0.25) is 0 Å². The Balaban J connectivity index is 2.04. The van der Waals surface area contributed by atoms with Gasteiger partial charge >= 0.3 is 0 Å². The highest BCUT2D eigenvalue weighted by Crippen LogP contribution is 2.24. The number of benzene rings is 1. The molecule has 0 amide bonds. The third-order valence-corrected chi connectivity index (χ3v) is 2.90. The predicted molar refractivity (Wildman–Crippen MR) is 63.3 cm³/mol. The van der Waals surface area contributed by atoms with Gasteiger partial charge in [0.1, 0.15) is 0 Å². The number of hydrogen-bond acceptors (Lipinski definition) is 2. The second-order valence-electron chi connectivity index (χ2n) is 4.98. The van der Waals surface area contributed by atoms with Crippen LogP contribution in [-0.4, -0.2) is 17.3 Å². The Kier molecular flexibility index (Phi) is 2.70. The number of fused-ring (bicyclic) bond motifs is 1. The zero-order chi connectivity index (χ0) is 10.9. The molecule has 0 aliphatic carbocycles. The number of rotatable bonds is 3. The van der Waals surface area contributed by atoms with Crippen molar-refractivity contribution in [2.24, 2.45) is 0 Å². The maximum atomic E-state index is 9.66. The molecule has 0 aromatic heterocycles. The molecular formula is C13H19NO. The van der Waals surface area contributed by atoms with Gasteiger partial charge in [0.05, 0.1) is 5.60 Å². The summed E-state index contributed by atoms with van der Waals surface area (Å²) in [5, 5.41) is 13.0. The van der Waals surface area contributed by atoms with E-state index in [0.717, 1.165) is 25.8 Å². The molecule has 0 radical (unpaired) electrons. The Morgan fingerprint density at radius 3 is 2.93 bits per heavy atom. The second kappa shape index (κ2) is 3.86. The molecule has 15 heavy (non-hydrogen) atoms. The van der Waals surface area contributed by atoms with Crippen LogP contribution in [0.15, 0.2) is 18.2 Å². The summed E-state index contributed by atoms with van der Waals surface area (Å²) in [6, 6.07) is 6.58. The average molecular weight is 205 g/mol. The smallest absolute Gasteiger partial charge is 0.0594 e. The van der Waals surface area contributed by atoms with Gasteiger partial charge in [-0.25, -0.2) is 0 Å². The van der Waals surface area contributed by atoms with Gasteiger partial charge in [-0.2, -0.15) is 0 Å². The summed E-state index contributed by atoms with van der Waals surface area (Å²) in [5.41, 5.74) is 3.47. The van der Waals surface area contributed by atoms with E-state index in [1.54, 1.807) is 0 Å². The SMILES string of the molecule is CC(C)(O)CCc1ccc2c(c1)CCN2. The van der Waals surface area contributed by atoms with Crippen LogP contribution in [0.25, 0.3) is 0 Å². The van der Waals surface area contributed by atoms with Crippen LogP contribution in [-0.2, 0) is 12.8 Å². The van der Waals surface area contributed by atoms with Gasteiger partial charge in [-0.05, 0) is 50.3 Å². The molecule has 1 aromatic rings. The van der Waals surface area contributed by atoms with Crippen molar-refractivity contribution in [1.29, 1.82) is 0 Å². The highest BCUT2D eigenvalue weighted by Gasteiger charge is 2.14. The van der Waals surface area contributed by atoms with Crippen LogP contribution >= 0.6 is 0 Å². The summed E-state index contributed by atoms with van der Waals surface area (Å²) in [4.78, 5) is 0. The van der Waals surface area contributed by atoms with Gasteiger partial charge in [0.2, 0.25) is 0 Å². The van der Waals surface area contributed by atoms with Crippen LogP contribution < -0.4 is 5.32 Å². The van der Waals surface area contributed by atoms with Crippen molar-refractivity contribution < 1.29 is 5.11 Å². The minimum absolute atomic E-state index is 0.558. The summed E-state index contributed by atoms with van der Waals surface area (Å²) in [6.45, 7) is 4.79. The Bertz CT molecular complexity index is 352. The summed E-state index contributed by atoms with van der Waals surface area (Å²) < 4.78 is 0. The maximum absolute atomic E-state index is 9.66. The van der Waals surface area contributed by atoms with E-state index in [1.165, 1.54) is 16.8 Å². The van der Waals surface area contributed by atoms with Crippen LogP contribution in [0.1, 0.15) is 31.4 Å². The average Bonchev–Trinajstić information content (AvgIpc) is 2.60. The van der Waals surface area contributed by atoms with Gasteiger partial charge in [-0.15, -0.1) is 0 Å². The van der Waals surface area contributed by atoms with Crippen molar-refractivity contribution in [3.8, 4) is 0 Å². The first-order valence-corrected chi connectivity index (χ1v) is 5.63. The zero-order valence-corrected chi connectivity index (χ0v) is 9.51. The minimum Gasteiger partial charge on any atom is -0.390 e. The van der Waals surface area contributed by atoms with Crippen LogP contribution in [0.4, 0.5) is 5.69 Å². The molecule has 0 atom stereocenters. The topological polar surface area (TPSA) is 32.3 Å². The molecular weight excluding hydrogens is 186 g/mol. The molecule has 2 heteroatoms. The highest BCUT2D eigenvalue weighted by atomic mass is 16.3. The van der Waals surface area contributed by atoms with E-state index in [1.807, 2.05) is 13.8 Å². The van der Waals surface area contributed by atoms with Gasteiger partial charge in [-0.3, -0.25) is 0 Å². The molecule has 1 aliphatic rings. The van der Waals surface area contributed by atoms with E-state index < -0.39 is 5.60 Å².